The number of aliphatic hydroxyl groups is 3. The second-order valence-corrected chi connectivity index (χ2v) is 19.3. The van der Waals surface area contributed by atoms with E-state index in [1.807, 2.05) is 37.4 Å². The van der Waals surface area contributed by atoms with Gasteiger partial charge in [-0.2, -0.15) is 0 Å². The van der Waals surface area contributed by atoms with Crippen molar-refractivity contribution in [3.05, 3.63) is 42.1 Å². The number of ether oxygens (including phenoxy) is 7. The number of hydrogen-bond donors (Lipinski definition) is 4. The molecule has 3 fully saturated rings. The first-order chi connectivity index (χ1) is 32.4. The molecule has 5 rings (SSSR count). The van der Waals surface area contributed by atoms with Gasteiger partial charge in [0.05, 0.1) is 42.4 Å². The topological polar surface area (TPSA) is 225 Å². The molecule has 0 radical (unpaired) electrons. The van der Waals surface area contributed by atoms with Crippen LogP contribution in [0.1, 0.15) is 98.5 Å². The number of nitrogens with zero attached hydrogens (tertiary/aromatic N) is 3. The van der Waals surface area contributed by atoms with Crippen molar-refractivity contribution in [3.63, 3.8) is 0 Å². The van der Waals surface area contributed by atoms with Crippen LogP contribution in [0.2, 0.25) is 0 Å². The van der Waals surface area contributed by atoms with Crippen molar-refractivity contribution in [2.75, 3.05) is 47.4 Å². The fourth-order valence-electron chi connectivity index (χ4n) is 10.0. The number of rotatable bonds is 16. The highest BCUT2D eigenvalue weighted by atomic mass is 16.7. The number of pyridine rings is 1. The van der Waals surface area contributed by atoms with Gasteiger partial charge in [0.2, 0.25) is 5.91 Å². The summed E-state index contributed by atoms with van der Waals surface area (Å²) in [6.07, 6.45) is -6.36. The molecular formula is C50H78N4O14. The molecule has 68 heavy (non-hydrogen) atoms. The molecule has 0 saturated carbocycles. The van der Waals surface area contributed by atoms with Gasteiger partial charge in [0.15, 0.2) is 18.7 Å². The van der Waals surface area contributed by atoms with E-state index in [9.17, 15) is 34.5 Å². The average Bonchev–Trinajstić information content (AvgIpc) is 3.29. The van der Waals surface area contributed by atoms with E-state index in [0.717, 1.165) is 30.0 Å². The summed E-state index contributed by atoms with van der Waals surface area (Å²) >= 11 is 0. The standard InChI is InChI=1S/C50H78N4O14/c1-10-40(58)65-38-27-39(57)52-21-15-24-54(23-14-16-33-19-22-51-36-18-13-12-17-35(33)36)29-37(56)30(3)26-34(20-25-55)46(47(38)62-9)68-49-44(60)43(53(7)8)45(31(4)64-49)67-42-28-50(6,61)48(32(5)63-42)66-41(59)11-2/h12-13,17-19,22,25,30-32,34,37-38,42-49,56,60-61H,10-11,14-16,20-21,23-24,26-29H2,1-9H3,(H,52,57)/t30-,31?,32?,34+,37+,38-,42+,43?,44?,45-,46+,47+,48-,49+,50?/m1/s1. The largest absolute Gasteiger partial charge is 0.459 e. The predicted octanol–water partition coefficient (Wildman–Crippen LogP) is 3.32. The van der Waals surface area contributed by atoms with Gasteiger partial charge in [0, 0.05) is 57.5 Å². The van der Waals surface area contributed by atoms with Gasteiger partial charge in [-0.3, -0.25) is 19.4 Å². The molecule has 0 aliphatic carbocycles. The Labute approximate surface area is 401 Å². The highest BCUT2D eigenvalue weighted by molar-refractivity contribution is 5.81. The number of fused-ring (bicyclic) bond motifs is 1. The Morgan fingerprint density at radius 3 is 2.40 bits per heavy atom. The fraction of sp³-hybridized carbons (Fsp3) is 0.740. The number of methoxy groups -OCH3 is 1. The number of nitrogens with one attached hydrogen (secondary N) is 1. The van der Waals surface area contributed by atoms with E-state index >= 15 is 0 Å². The Bertz CT molecular complexity index is 1920. The van der Waals surface area contributed by atoms with E-state index in [1.54, 1.807) is 53.6 Å². The minimum Gasteiger partial charge on any atom is -0.459 e. The minimum absolute atomic E-state index is 0.0195. The number of carbonyl (C=O) groups is 4. The Balaban J connectivity index is 1.40. The number of aromatic nitrogens is 1. The number of aliphatic hydroxyl groups excluding tert-OH is 2. The van der Waals surface area contributed by atoms with Crippen LogP contribution in [0.25, 0.3) is 10.9 Å². The van der Waals surface area contributed by atoms with Crippen LogP contribution in [-0.4, -0.2) is 181 Å². The van der Waals surface area contributed by atoms with Crippen LogP contribution >= 0.6 is 0 Å². The Hall–Kier alpha value is -3.69. The van der Waals surface area contributed by atoms with Crippen molar-refractivity contribution in [1.29, 1.82) is 0 Å². The Kier molecular flexibility index (Phi) is 21.1. The van der Waals surface area contributed by atoms with Crippen molar-refractivity contribution in [2.24, 2.45) is 11.8 Å². The van der Waals surface area contributed by atoms with Gasteiger partial charge in [-0.05, 0) is 103 Å². The predicted molar refractivity (Wildman–Crippen MR) is 251 cm³/mol. The zero-order chi connectivity index (χ0) is 49.7. The first kappa shape index (κ1) is 55.2. The number of aldehydes is 1. The molecule has 3 aliphatic heterocycles. The zero-order valence-corrected chi connectivity index (χ0v) is 41.5. The van der Waals surface area contributed by atoms with E-state index in [1.165, 1.54) is 12.7 Å². The van der Waals surface area contributed by atoms with Gasteiger partial charge < -0.3 is 68.4 Å². The van der Waals surface area contributed by atoms with Crippen LogP contribution in [0.3, 0.4) is 0 Å². The molecule has 0 bridgehead atoms. The van der Waals surface area contributed by atoms with Crippen molar-refractivity contribution in [2.45, 2.75) is 178 Å². The molecule has 18 heteroatoms. The minimum atomic E-state index is -1.49. The fourth-order valence-corrected chi connectivity index (χ4v) is 10.0. The molecule has 15 atom stereocenters. The lowest BCUT2D eigenvalue weighted by molar-refractivity contribution is -0.344. The lowest BCUT2D eigenvalue weighted by atomic mass is 9.82. The maximum Gasteiger partial charge on any atom is 0.305 e. The van der Waals surface area contributed by atoms with Crippen molar-refractivity contribution < 1.29 is 67.7 Å². The van der Waals surface area contributed by atoms with Gasteiger partial charge in [-0.1, -0.05) is 39.0 Å². The number of hydrogen-bond acceptors (Lipinski definition) is 17. The first-order valence-corrected chi connectivity index (χ1v) is 24.4. The van der Waals surface area contributed by atoms with Crippen LogP contribution in [0, 0.1) is 11.8 Å². The molecule has 0 spiro atoms. The Morgan fingerprint density at radius 1 is 1.00 bits per heavy atom. The number of β-amino-alcohol motifs (C(OH)–C–C–N with tert-alkyl or cyclic N) is 1. The van der Waals surface area contributed by atoms with Crippen molar-refractivity contribution in [3.8, 4) is 0 Å². The average molecular weight is 959 g/mol. The number of carbonyl (C=O) groups excluding carboxylic acids is 4. The number of likely N-dealkylation sites (N-methyl/N-ethyl adjacent to an activating group) is 1. The quantitative estimate of drug-likeness (QED) is 0.140. The number of benzene rings is 1. The molecule has 1 aromatic carbocycles. The van der Waals surface area contributed by atoms with E-state index in [2.05, 4.69) is 21.3 Å². The van der Waals surface area contributed by atoms with Crippen LogP contribution in [0.4, 0.5) is 0 Å². The summed E-state index contributed by atoms with van der Waals surface area (Å²) in [6, 6.07) is 9.31. The van der Waals surface area contributed by atoms with Crippen LogP contribution in [0.5, 0.6) is 0 Å². The van der Waals surface area contributed by atoms with Crippen LogP contribution in [0.15, 0.2) is 36.5 Å². The molecule has 1 aromatic heterocycles. The third kappa shape index (κ3) is 14.7. The highest BCUT2D eigenvalue weighted by Crippen LogP contribution is 2.38. The molecule has 4 heterocycles. The molecule has 382 valence electrons. The summed E-state index contributed by atoms with van der Waals surface area (Å²) in [4.78, 5) is 60.0. The number of para-hydroxylation sites is 1. The summed E-state index contributed by atoms with van der Waals surface area (Å²) in [7, 11) is 4.94. The van der Waals surface area contributed by atoms with E-state index < -0.39 is 97.0 Å². The van der Waals surface area contributed by atoms with Gasteiger partial charge in [-0.15, -0.1) is 0 Å². The van der Waals surface area contributed by atoms with Gasteiger partial charge in [0.25, 0.3) is 0 Å². The maximum absolute atomic E-state index is 13.7. The van der Waals surface area contributed by atoms with Gasteiger partial charge >= 0.3 is 11.9 Å². The first-order valence-electron chi connectivity index (χ1n) is 24.4. The normalized spacial score (nSPS) is 34.9. The maximum atomic E-state index is 13.7. The second kappa shape index (κ2) is 26.0. The zero-order valence-electron chi connectivity index (χ0n) is 41.5. The number of aryl methyl sites for hydroxylation is 1. The molecule has 5 unspecified atom stereocenters. The molecule has 1 amide bonds. The summed E-state index contributed by atoms with van der Waals surface area (Å²) in [5, 5.41) is 39.7. The lowest BCUT2D eigenvalue weighted by Gasteiger charge is -2.50. The van der Waals surface area contributed by atoms with Gasteiger partial charge in [-0.25, -0.2) is 0 Å². The summed E-state index contributed by atoms with van der Waals surface area (Å²) < 4.78 is 43.5. The van der Waals surface area contributed by atoms with Crippen LogP contribution in [-0.2, 0) is 58.8 Å². The third-order valence-electron chi connectivity index (χ3n) is 13.7. The summed E-state index contributed by atoms with van der Waals surface area (Å²) in [5.41, 5.74) is 0.636. The van der Waals surface area contributed by atoms with E-state index in [-0.39, 0.29) is 50.4 Å². The summed E-state index contributed by atoms with van der Waals surface area (Å²) in [5.74, 6) is -2.48. The molecule has 18 nitrogen and oxygen atoms in total. The third-order valence-corrected chi connectivity index (χ3v) is 13.7. The molecule has 3 aliphatic rings. The molecule has 3 saturated heterocycles. The molecular weight excluding hydrogens is 881 g/mol. The van der Waals surface area contributed by atoms with E-state index in [0.29, 0.717) is 32.6 Å². The number of amides is 1. The smallest absolute Gasteiger partial charge is 0.305 e. The van der Waals surface area contributed by atoms with Crippen LogP contribution < -0.4 is 5.32 Å². The van der Waals surface area contributed by atoms with Crippen molar-refractivity contribution >= 4 is 35.0 Å². The highest BCUT2D eigenvalue weighted by Gasteiger charge is 2.53. The lowest BCUT2D eigenvalue weighted by Crippen LogP contribution is -2.66. The van der Waals surface area contributed by atoms with Gasteiger partial charge in [0.1, 0.15) is 36.3 Å². The number of esters is 2. The second-order valence-electron chi connectivity index (χ2n) is 19.3. The molecule has 2 aromatic rings. The summed E-state index contributed by atoms with van der Waals surface area (Å²) in [6.45, 7) is 12.2. The molecule has 4 N–H and O–H groups in total. The monoisotopic (exact) mass is 959 g/mol. The Morgan fingerprint density at radius 2 is 1.72 bits per heavy atom. The van der Waals surface area contributed by atoms with E-state index in [4.69, 9.17) is 33.2 Å². The van der Waals surface area contributed by atoms with Crippen molar-refractivity contribution in [1.82, 2.24) is 20.1 Å². The SMILES string of the molecule is CCC(=O)O[C@@H]1C(C)O[C@@H](O[C@@H]2C(C)O[C@@H](O[C@H]3[C@@H](CC=O)C[C@@H](C)[C@@H](O)CN(CCCc4ccnc5ccccc45)CCCNC(=O)C[C@@H](OC(=O)CC)[C@@H]3OC)C(O)C2N(C)C)CC1(C)O.